The number of benzene rings is 1. The van der Waals surface area contributed by atoms with Gasteiger partial charge >= 0.3 is 0 Å². The maximum Gasteiger partial charge on any atom is 0.248 e. The Balaban J connectivity index is 1.52. The SMILES string of the molecule is CC1CCc2c(sc(NC(=O)C(Cc3ccccc3)N3C(=O)C4CCC(C)(C3=O)C4(C)C)c2C#N)C1. The molecule has 5 rings (SSSR count). The zero-order valence-electron chi connectivity index (χ0n) is 21.4. The minimum atomic E-state index is -0.979. The largest absolute Gasteiger partial charge is 0.315 e. The number of hydrogen-bond donors (Lipinski definition) is 1. The molecule has 2 bridgehead atoms. The van der Waals surface area contributed by atoms with Crippen LogP contribution >= 0.6 is 11.3 Å². The highest BCUT2D eigenvalue weighted by molar-refractivity contribution is 7.16. The Morgan fingerprint density at radius 3 is 2.64 bits per heavy atom. The predicted molar refractivity (Wildman–Crippen MR) is 139 cm³/mol. The number of nitriles is 1. The van der Waals surface area contributed by atoms with Crippen LogP contribution in [0.1, 0.15) is 68.5 Å². The lowest BCUT2D eigenvalue weighted by atomic mass is 9.62. The minimum absolute atomic E-state index is 0.234. The van der Waals surface area contributed by atoms with E-state index in [1.54, 1.807) is 0 Å². The van der Waals surface area contributed by atoms with Crippen molar-refractivity contribution in [3.05, 3.63) is 51.9 Å². The smallest absolute Gasteiger partial charge is 0.248 e. The molecular weight excluding hydrogens is 470 g/mol. The van der Waals surface area contributed by atoms with Gasteiger partial charge in [-0.1, -0.05) is 58.0 Å². The molecule has 4 unspecified atom stereocenters. The van der Waals surface area contributed by atoms with Crippen molar-refractivity contribution in [2.75, 3.05) is 5.32 Å². The van der Waals surface area contributed by atoms with E-state index in [1.807, 2.05) is 51.1 Å². The number of carbonyl (C=O) groups excluding carboxylic acids is 3. The zero-order chi connectivity index (χ0) is 25.8. The van der Waals surface area contributed by atoms with Crippen molar-refractivity contribution >= 4 is 34.1 Å². The third-order valence-corrected chi connectivity index (χ3v) is 10.4. The summed E-state index contributed by atoms with van der Waals surface area (Å²) in [7, 11) is 0. The van der Waals surface area contributed by atoms with E-state index in [-0.39, 0.29) is 24.2 Å². The Kier molecular flexibility index (Phi) is 6.07. The van der Waals surface area contributed by atoms with Crippen molar-refractivity contribution in [1.82, 2.24) is 4.90 Å². The normalized spacial score (nSPS) is 27.4. The second-order valence-electron chi connectivity index (χ2n) is 11.5. The number of amides is 3. The fraction of sp³-hybridized carbons (Fsp3) is 0.517. The number of anilines is 1. The van der Waals surface area contributed by atoms with E-state index >= 15 is 0 Å². The number of thiophene rings is 1. The first kappa shape index (κ1) is 24.7. The van der Waals surface area contributed by atoms with Crippen LogP contribution in [-0.2, 0) is 33.6 Å². The van der Waals surface area contributed by atoms with E-state index in [0.717, 1.165) is 35.3 Å². The van der Waals surface area contributed by atoms with Crippen molar-refractivity contribution < 1.29 is 14.4 Å². The van der Waals surface area contributed by atoms with Gasteiger partial charge in [0, 0.05) is 17.2 Å². The number of likely N-dealkylation sites (tertiary alicyclic amines) is 1. The van der Waals surface area contributed by atoms with Crippen LogP contribution in [0.4, 0.5) is 5.00 Å². The summed E-state index contributed by atoms with van der Waals surface area (Å²) in [5.74, 6) is -0.680. The second kappa shape index (κ2) is 8.85. The molecule has 0 radical (unpaired) electrons. The summed E-state index contributed by atoms with van der Waals surface area (Å²) in [6, 6.07) is 10.8. The summed E-state index contributed by atoms with van der Waals surface area (Å²) >= 11 is 1.46. The molecule has 6 nitrogen and oxygen atoms in total. The Bertz CT molecular complexity index is 1270. The molecular formula is C29H33N3O3S. The van der Waals surface area contributed by atoms with Crippen molar-refractivity contribution in [1.29, 1.82) is 5.26 Å². The lowest BCUT2D eigenvalue weighted by Crippen LogP contribution is -2.64. The highest BCUT2D eigenvalue weighted by atomic mass is 32.1. The first-order chi connectivity index (χ1) is 17.1. The first-order valence-corrected chi connectivity index (χ1v) is 13.7. The number of hydrogen-bond acceptors (Lipinski definition) is 5. The van der Waals surface area contributed by atoms with Gasteiger partial charge in [-0.15, -0.1) is 11.3 Å². The molecule has 1 saturated heterocycles. The molecule has 188 valence electrons. The van der Waals surface area contributed by atoms with Gasteiger partial charge in [0.15, 0.2) is 0 Å². The number of nitrogens with one attached hydrogen (secondary N) is 1. The van der Waals surface area contributed by atoms with Gasteiger partial charge < -0.3 is 5.32 Å². The molecule has 3 aliphatic rings. The van der Waals surface area contributed by atoms with Gasteiger partial charge in [0.2, 0.25) is 17.7 Å². The molecule has 4 atom stereocenters. The summed E-state index contributed by atoms with van der Waals surface area (Å²) in [4.78, 5) is 43.9. The third-order valence-electron chi connectivity index (χ3n) is 9.20. The average molecular weight is 504 g/mol. The van der Waals surface area contributed by atoms with Crippen LogP contribution in [0.3, 0.4) is 0 Å². The minimum Gasteiger partial charge on any atom is -0.315 e. The van der Waals surface area contributed by atoms with E-state index < -0.39 is 22.8 Å². The van der Waals surface area contributed by atoms with Gasteiger partial charge in [-0.25, -0.2) is 0 Å². The third kappa shape index (κ3) is 3.69. The maximum atomic E-state index is 13.9. The monoisotopic (exact) mass is 503 g/mol. The van der Waals surface area contributed by atoms with Gasteiger partial charge in [-0.2, -0.15) is 5.26 Å². The predicted octanol–water partition coefficient (Wildman–Crippen LogP) is 5.11. The van der Waals surface area contributed by atoms with Gasteiger partial charge in [0.05, 0.1) is 11.0 Å². The van der Waals surface area contributed by atoms with Gasteiger partial charge in [-0.3, -0.25) is 19.3 Å². The highest BCUT2D eigenvalue weighted by Gasteiger charge is 2.65. The van der Waals surface area contributed by atoms with Gasteiger partial charge in [-0.05, 0) is 54.6 Å². The molecule has 1 saturated carbocycles. The number of carbonyl (C=O) groups is 3. The van der Waals surface area contributed by atoms with E-state index in [1.165, 1.54) is 16.2 Å². The standard InChI is InChI=1S/C29H33N3O3S/c1-17-10-11-19-20(16-30)25(36-23(19)14-17)31-24(33)22(15-18-8-6-5-7-9-18)32-26(34)21-12-13-29(4,27(32)35)28(21,2)3/h5-9,17,21-22H,10-15H2,1-4H3,(H,31,33). The average Bonchev–Trinajstić information content (AvgIpc) is 3.27. The molecule has 2 fully saturated rings. The molecule has 2 heterocycles. The molecule has 7 heteroatoms. The van der Waals surface area contributed by atoms with Crippen LogP contribution in [0.15, 0.2) is 30.3 Å². The molecule has 3 amide bonds. The Hall–Kier alpha value is -2.98. The Labute approximate surface area is 216 Å². The van der Waals surface area contributed by atoms with Crippen LogP contribution in [0.2, 0.25) is 0 Å². The number of nitrogens with zero attached hydrogens (tertiary/aromatic N) is 2. The van der Waals surface area contributed by atoms with Crippen LogP contribution < -0.4 is 5.32 Å². The van der Waals surface area contributed by atoms with E-state index in [4.69, 9.17) is 0 Å². The fourth-order valence-electron chi connectivity index (χ4n) is 6.44. The molecule has 36 heavy (non-hydrogen) atoms. The number of piperidine rings is 1. The van der Waals surface area contributed by atoms with Crippen LogP contribution in [-0.4, -0.2) is 28.7 Å². The van der Waals surface area contributed by atoms with Crippen molar-refractivity contribution in [3.8, 4) is 6.07 Å². The summed E-state index contributed by atoms with van der Waals surface area (Å²) in [6.45, 7) is 8.14. The van der Waals surface area contributed by atoms with Gasteiger partial charge in [0.1, 0.15) is 17.1 Å². The van der Waals surface area contributed by atoms with Crippen molar-refractivity contribution in [2.45, 2.75) is 72.3 Å². The Morgan fingerprint density at radius 2 is 1.94 bits per heavy atom. The van der Waals surface area contributed by atoms with E-state index in [2.05, 4.69) is 18.3 Å². The number of rotatable bonds is 5. The molecule has 1 aromatic heterocycles. The molecule has 2 aliphatic carbocycles. The first-order valence-electron chi connectivity index (χ1n) is 12.9. The molecule has 2 aromatic rings. The lowest BCUT2D eigenvalue weighted by molar-refractivity contribution is -0.172. The number of fused-ring (bicyclic) bond motifs is 3. The van der Waals surface area contributed by atoms with Crippen LogP contribution in [0.25, 0.3) is 0 Å². The van der Waals surface area contributed by atoms with Crippen molar-refractivity contribution in [2.24, 2.45) is 22.7 Å². The molecule has 1 aromatic carbocycles. The lowest BCUT2D eigenvalue weighted by Gasteiger charge is -2.49. The summed E-state index contributed by atoms with van der Waals surface area (Å²) in [5, 5.41) is 13.4. The molecule has 1 N–H and O–H groups in total. The second-order valence-corrected chi connectivity index (χ2v) is 12.6. The van der Waals surface area contributed by atoms with Crippen LogP contribution in [0, 0.1) is 34.0 Å². The zero-order valence-corrected chi connectivity index (χ0v) is 22.2. The maximum absolute atomic E-state index is 13.9. The van der Waals surface area contributed by atoms with E-state index in [9.17, 15) is 19.6 Å². The van der Waals surface area contributed by atoms with Crippen molar-refractivity contribution in [3.63, 3.8) is 0 Å². The quantitative estimate of drug-likeness (QED) is 0.575. The van der Waals surface area contributed by atoms with Crippen LogP contribution in [0.5, 0.6) is 0 Å². The Morgan fingerprint density at radius 1 is 1.22 bits per heavy atom. The summed E-state index contributed by atoms with van der Waals surface area (Å²) in [6.07, 6.45) is 4.28. The number of imide groups is 1. The molecule has 0 spiro atoms. The summed E-state index contributed by atoms with van der Waals surface area (Å²) < 4.78 is 0. The van der Waals surface area contributed by atoms with E-state index in [0.29, 0.717) is 29.3 Å². The highest BCUT2D eigenvalue weighted by Crippen LogP contribution is 2.60. The van der Waals surface area contributed by atoms with Gasteiger partial charge in [0.25, 0.3) is 0 Å². The fourth-order valence-corrected chi connectivity index (χ4v) is 7.80. The topological polar surface area (TPSA) is 90.3 Å². The summed E-state index contributed by atoms with van der Waals surface area (Å²) in [5.41, 5.74) is 1.28. The molecule has 1 aliphatic heterocycles.